The Labute approximate surface area is 117 Å². The maximum Gasteiger partial charge on any atom is 0.123 e. The highest BCUT2D eigenvalue weighted by Gasteiger charge is 2.07. The van der Waals surface area contributed by atoms with Crippen molar-refractivity contribution < 1.29 is 4.39 Å². The standard InChI is InChI=1S/C16H27FN2/c1-16(2,3)18-11-5-6-12-19(4)13-14-7-9-15(17)10-8-14/h7-10,18H,5-6,11-13H2,1-4H3. The molecule has 0 aliphatic rings. The van der Waals surface area contributed by atoms with Crippen LogP contribution in [0.15, 0.2) is 24.3 Å². The number of hydrogen-bond acceptors (Lipinski definition) is 2. The molecule has 19 heavy (non-hydrogen) atoms. The van der Waals surface area contributed by atoms with Crippen LogP contribution in [0, 0.1) is 5.82 Å². The third-order valence-electron chi connectivity index (χ3n) is 2.99. The molecule has 0 radical (unpaired) electrons. The lowest BCUT2D eigenvalue weighted by molar-refractivity contribution is 0.313. The van der Waals surface area contributed by atoms with Crippen molar-refractivity contribution in [2.75, 3.05) is 20.1 Å². The number of nitrogens with zero attached hydrogens (tertiary/aromatic N) is 1. The van der Waals surface area contributed by atoms with Gasteiger partial charge in [-0.1, -0.05) is 12.1 Å². The van der Waals surface area contributed by atoms with Gasteiger partial charge in [0.15, 0.2) is 0 Å². The zero-order valence-electron chi connectivity index (χ0n) is 12.7. The highest BCUT2D eigenvalue weighted by molar-refractivity contribution is 5.15. The van der Waals surface area contributed by atoms with Gasteiger partial charge in [0.25, 0.3) is 0 Å². The topological polar surface area (TPSA) is 15.3 Å². The highest BCUT2D eigenvalue weighted by Crippen LogP contribution is 2.06. The molecule has 1 aromatic rings. The zero-order chi connectivity index (χ0) is 14.3. The molecule has 1 aromatic carbocycles. The molecule has 0 aliphatic carbocycles. The van der Waals surface area contributed by atoms with E-state index in [1.165, 1.54) is 25.0 Å². The van der Waals surface area contributed by atoms with E-state index in [0.29, 0.717) is 0 Å². The van der Waals surface area contributed by atoms with Crippen LogP contribution < -0.4 is 5.32 Å². The summed E-state index contributed by atoms with van der Waals surface area (Å²) in [4.78, 5) is 2.28. The molecule has 0 spiro atoms. The first kappa shape index (κ1) is 16.1. The predicted octanol–water partition coefficient (Wildman–Crippen LogP) is 3.43. The summed E-state index contributed by atoms with van der Waals surface area (Å²) in [6, 6.07) is 6.76. The quantitative estimate of drug-likeness (QED) is 0.761. The molecule has 0 amide bonds. The van der Waals surface area contributed by atoms with Crippen LogP contribution in [0.3, 0.4) is 0 Å². The van der Waals surface area contributed by atoms with Gasteiger partial charge in [0.2, 0.25) is 0 Å². The molecular weight excluding hydrogens is 239 g/mol. The van der Waals surface area contributed by atoms with E-state index in [0.717, 1.165) is 25.2 Å². The summed E-state index contributed by atoms with van der Waals surface area (Å²) in [5.74, 6) is -0.167. The number of hydrogen-bond donors (Lipinski definition) is 1. The maximum atomic E-state index is 12.8. The van der Waals surface area contributed by atoms with Crippen molar-refractivity contribution in [1.29, 1.82) is 0 Å². The molecule has 0 saturated heterocycles. The molecule has 0 saturated carbocycles. The van der Waals surface area contributed by atoms with Gasteiger partial charge in [-0.15, -0.1) is 0 Å². The molecule has 108 valence electrons. The first-order valence-electron chi connectivity index (χ1n) is 7.05. The highest BCUT2D eigenvalue weighted by atomic mass is 19.1. The van der Waals surface area contributed by atoms with Crippen LogP contribution in [0.4, 0.5) is 4.39 Å². The summed E-state index contributed by atoms with van der Waals surface area (Å²) in [7, 11) is 2.11. The molecule has 0 fully saturated rings. The van der Waals surface area contributed by atoms with E-state index in [4.69, 9.17) is 0 Å². The van der Waals surface area contributed by atoms with Crippen molar-refractivity contribution in [3.8, 4) is 0 Å². The van der Waals surface area contributed by atoms with E-state index in [1.807, 2.05) is 12.1 Å². The minimum Gasteiger partial charge on any atom is -0.312 e. The number of unbranched alkanes of at least 4 members (excludes halogenated alkanes) is 1. The number of nitrogens with one attached hydrogen (secondary N) is 1. The van der Waals surface area contributed by atoms with Crippen LogP contribution in [0.25, 0.3) is 0 Å². The third-order valence-corrected chi connectivity index (χ3v) is 2.99. The fourth-order valence-corrected chi connectivity index (χ4v) is 1.95. The van der Waals surface area contributed by atoms with Gasteiger partial charge >= 0.3 is 0 Å². The second kappa shape index (κ2) is 7.61. The van der Waals surface area contributed by atoms with Gasteiger partial charge < -0.3 is 10.2 Å². The second-order valence-corrected chi connectivity index (χ2v) is 6.25. The van der Waals surface area contributed by atoms with Gasteiger partial charge in [-0.05, 0) is 71.4 Å². The number of halogens is 1. The van der Waals surface area contributed by atoms with E-state index >= 15 is 0 Å². The van der Waals surface area contributed by atoms with Gasteiger partial charge in [-0.25, -0.2) is 4.39 Å². The lowest BCUT2D eigenvalue weighted by atomic mass is 10.1. The maximum absolute atomic E-state index is 12.8. The van der Waals surface area contributed by atoms with E-state index in [2.05, 4.69) is 38.0 Å². The fourth-order valence-electron chi connectivity index (χ4n) is 1.95. The van der Waals surface area contributed by atoms with Crippen LogP contribution in [0.2, 0.25) is 0 Å². The Morgan fingerprint density at radius 3 is 2.32 bits per heavy atom. The van der Waals surface area contributed by atoms with Crippen LogP contribution >= 0.6 is 0 Å². The van der Waals surface area contributed by atoms with E-state index in [1.54, 1.807) is 0 Å². The largest absolute Gasteiger partial charge is 0.312 e. The van der Waals surface area contributed by atoms with E-state index in [9.17, 15) is 4.39 Å². The molecule has 0 unspecified atom stereocenters. The second-order valence-electron chi connectivity index (χ2n) is 6.25. The van der Waals surface area contributed by atoms with Crippen molar-refractivity contribution in [1.82, 2.24) is 10.2 Å². The van der Waals surface area contributed by atoms with Crippen molar-refractivity contribution in [2.24, 2.45) is 0 Å². The average molecular weight is 266 g/mol. The molecule has 0 bridgehead atoms. The summed E-state index contributed by atoms with van der Waals surface area (Å²) >= 11 is 0. The van der Waals surface area contributed by atoms with Gasteiger partial charge in [-0.2, -0.15) is 0 Å². The normalized spacial score (nSPS) is 12.1. The fraction of sp³-hybridized carbons (Fsp3) is 0.625. The molecule has 0 aliphatic heterocycles. The minimum absolute atomic E-state index is 0.167. The van der Waals surface area contributed by atoms with Crippen molar-refractivity contribution in [3.63, 3.8) is 0 Å². The predicted molar refractivity (Wildman–Crippen MR) is 79.7 cm³/mol. The van der Waals surface area contributed by atoms with Gasteiger partial charge in [0.1, 0.15) is 5.82 Å². The molecule has 2 nitrogen and oxygen atoms in total. The Morgan fingerprint density at radius 2 is 1.74 bits per heavy atom. The van der Waals surface area contributed by atoms with Gasteiger partial charge in [0, 0.05) is 12.1 Å². The van der Waals surface area contributed by atoms with Crippen LogP contribution in [-0.2, 0) is 6.54 Å². The molecule has 0 heterocycles. The van der Waals surface area contributed by atoms with E-state index in [-0.39, 0.29) is 11.4 Å². The summed E-state index contributed by atoms with van der Waals surface area (Å²) in [5, 5.41) is 3.49. The van der Waals surface area contributed by atoms with Crippen LogP contribution in [0.5, 0.6) is 0 Å². The lowest BCUT2D eigenvalue weighted by Crippen LogP contribution is -2.36. The Hall–Kier alpha value is -0.930. The van der Waals surface area contributed by atoms with Crippen molar-refractivity contribution in [3.05, 3.63) is 35.6 Å². The SMILES string of the molecule is CN(CCCCNC(C)(C)C)Cc1ccc(F)cc1. The van der Waals surface area contributed by atoms with Gasteiger partial charge in [-0.3, -0.25) is 0 Å². The Balaban J connectivity index is 2.14. The lowest BCUT2D eigenvalue weighted by Gasteiger charge is -2.21. The summed E-state index contributed by atoms with van der Waals surface area (Å²) in [5.41, 5.74) is 1.37. The molecule has 1 rings (SSSR count). The van der Waals surface area contributed by atoms with Crippen LogP contribution in [-0.4, -0.2) is 30.6 Å². The van der Waals surface area contributed by atoms with Gasteiger partial charge in [0.05, 0.1) is 0 Å². The van der Waals surface area contributed by atoms with E-state index < -0.39 is 0 Å². The summed E-state index contributed by atoms with van der Waals surface area (Å²) < 4.78 is 12.8. The molecule has 1 N–H and O–H groups in total. The summed E-state index contributed by atoms with van der Waals surface area (Å²) in [6.07, 6.45) is 2.37. The molecule has 0 aromatic heterocycles. The molecule has 0 atom stereocenters. The minimum atomic E-state index is -0.167. The Kier molecular flexibility index (Phi) is 6.46. The number of rotatable bonds is 7. The monoisotopic (exact) mass is 266 g/mol. The summed E-state index contributed by atoms with van der Waals surface area (Å²) in [6.45, 7) is 9.58. The third kappa shape index (κ3) is 7.96. The number of benzene rings is 1. The van der Waals surface area contributed by atoms with Crippen LogP contribution in [0.1, 0.15) is 39.2 Å². The Bertz CT molecular complexity index is 354. The molecule has 3 heteroatoms. The van der Waals surface area contributed by atoms with Crippen molar-refractivity contribution in [2.45, 2.75) is 45.7 Å². The van der Waals surface area contributed by atoms with Crippen molar-refractivity contribution >= 4 is 0 Å². The Morgan fingerprint density at radius 1 is 1.11 bits per heavy atom. The molecular formula is C16H27FN2. The zero-order valence-corrected chi connectivity index (χ0v) is 12.7. The first-order valence-corrected chi connectivity index (χ1v) is 7.05. The average Bonchev–Trinajstić information content (AvgIpc) is 2.30. The first-order chi connectivity index (χ1) is 8.87. The smallest absolute Gasteiger partial charge is 0.123 e.